The van der Waals surface area contributed by atoms with Crippen LogP contribution in [-0.4, -0.2) is 0 Å². The molecule has 0 unspecified atom stereocenters. The molecule has 1 aliphatic carbocycles. The van der Waals surface area contributed by atoms with Crippen LogP contribution in [0.3, 0.4) is 0 Å². The van der Waals surface area contributed by atoms with Crippen LogP contribution in [0.5, 0.6) is 0 Å². The lowest BCUT2D eigenvalue weighted by atomic mass is 9.82. The molecule has 0 atom stereocenters. The topological polar surface area (TPSA) is 0 Å². The number of hydrogen-bond acceptors (Lipinski definition) is 0. The minimum atomic E-state index is 0.112. The van der Waals surface area contributed by atoms with Crippen molar-refractivity contribution in [3.8, 4) is 11.1 Å². The predicted octanol–water partition coefficient (Wildman–Crippen LogP) is 5.06. The highest BCUT2D eigenvalue weighted by Gasteiger charge is 2.36. The zero-order valence-electron chi connectivity index (χ0n) is 10.3. The number of fused-ring (bicyclic) bond motifs is 3. The van der Waals surface area contributed by atoms with E-state index in [1.54, 1.807) is 0 Å². The number of hydrogen-bond donors (Lipinski definition) is 0. The molecule has 0 spiro atoms. The van der Waals surface area contributed by atoms with Gasteiger partial charge in [-0.05, 0) is 29.7 Å². The van der Waals surface area contributed by atoms with Crippen molar-refractivity contribution in [2.24, 2.45) is 0 Å². The van der Waals surface area contributed by atoms with Crippen molar-refractivity contribution in [1.82, 2.24) is 0 Å². The first-order valence-corrected chi connectivity index (χ1v) is 6.71. The van der Waals surface area contributed by atoms with Gasteiger partial charge in [0.1, 0.15) is 0 Å². The zero-order chi connectivity index (χ0) is 12.2. The van der Waals surface area contributed by atoms with Crippen molar-refractivity contribution >= 4 is 15.9 Å². The van der Waals surface area contributed by atoms with Crippen LogP contribution in [0.25, 0.3) is 11.1 Å². The summed E-state index contributed by atoms with van der Waals surface area (Å²) >= 11 is 3.69. The van der Waals surface area contributed by atoms with Gasteiger partial charge in [-0.3, -0.25) is 0 Å². The summed E-state index contributed by atoms with van der Waals surface area (Å²) in [6, 6.07) is 13.3. The van der Waals surface area contributed by atoms with Crippen LogP contribution in [0.1, 0.15) is 30.5 Å². The van der Waals surface area contributed by atoms with Gasteiger partial charge in [0.15, 0.2) is 0 Å². The zero-order valence-corrected chi connectivity index (χ0v) is 11.9. The lowest BCUT2D eigenvalue weighted by molar-refractivity contribution is 0.659. The molecule has 0 saturated heterocycles. The average Bonchev–Trinajstić information content (AvgIpc) is 2.50. The second-order valence-electron chi connectivity index (χ2n) is 5.34. The van der Waals surface area contributed by atoms with Crippen molar-refractivity contribution in [3.63, 3.8) is 0 Å². The molecule has 0 saturated carbocycles. The van der Waals surface area contributed by atoms with Gasteiger partial charge in [0, 0.05) is 15.5 Å². The smallest absolute Gasteiger partial charge is 0.0256 e. The molecule has 3 rings (SSSR count). The number of halogens is 1. The van der Waals surface area contributed by atoms with Gasteiger partial charge in [-0.2, -0.15) is 0 Å². The molecule has 0 bridgehead atoms. The molecular formula is C16H15Br. The van der Waals surface area contributed by atoms with E-state index in [-0.39, 0.29) is 5.41 Å². The second kappa shape index (κ2) is 3.46. The SMILES string of the molecule is Cc1ccc2c(c1)C(C)(C)c1cccc(Br)c1-2. The average molecular weight is 287 g/mol. The van der Waals surface area contributed by atoms with Crippen molar-refractivity contribution in [1.29, 1.82) is 0 Å². The second-order valence-corrected chi connectivity index (χ2v) is 6.19. The van der Waals surface area contributed by atoms with E-state index in [1.165, 1.54) is 32.3 Å². The minimum Gasteiger partial charge on any atom is -0.0608 e. The molecule has 0 N–H and O–H groups in total. The van der Waals surface area contributed by atoms with E-state index in [2.05, 4.69) is 73.1 Å². The summed E-state index contributed by atoms with van der Waals surface area (Å²) in [7, 11) is 0. The molecule has 1 aliphatic rings. The van der Waals surface area contributed by atoms with E-state index < -0.39 is 0 Å². The fourth-order valence-corrected chi connectivity index (χ4v) is 3.44. The highest BCUT2D eigenvalue weighted by atomic mass is 79.9. The van der Waals surface area contributed by atoms with Gasteiger partial charge in [0.05, 0.1) is 0 Å². The van der Waals surface area contributed by atoms with Crippen LogP contribution >= 0.6 is 15.9 Å². The molecule has 0 radical (unpaired) electrons. The van der Waals surface area contributed by atoms with Crippen molar-refractivity contribution in [2.45, 2.75) is 26.2 Å². The molecular weight excluding hydrogens is 272 g/mol. The summed E-state index contributed by atoms with van der Waals surface area (Å²) in [6.07, 6.45) is 0. The Labute approximate surface area is 111 Å². The van der Waals surface area contributed by atoms with E-state index in [1.807, 2.05) is 0 Å². The van der Waals surface area contributed by atoms with E-state index in [0.29, 0.717) is 0 Å². The minimum absolute atomic E-state index is 0.112. The third-order valence-corrected chi connectivity index (χ3v) is 4.47. The van der Waals surface area contributed by atoms with E-state index in [9.17, 15) is 0 Å². The van der Waals surface area contributed by atoms with Crippen molar-refractivity contribution in [3.05, 3.63) is 57.6 Å². The Hall–Kier alpha value is -1.08. The standard InChI is InChI=1S/C16H15Br/c1-10-7-8-11-13(9-10)16(2,3)12-5-4-6-14(17)15(11)12/h4-9H,1-3H3. The molecule has 0 amide bonds. The van der Waals surface area contributed by atoms with E-state index >= 15 is 0 Å². The van der Waals surface area contributed by atoms with Crippen LogP contribution in [-0.2, 0) is 5.41 Å². The number of benzene rings is 2. The van der Waals surface area contributed by atoms with Crippen LogP contribution < -0.4 is 0 Å². The summed E-state index contributed by atoms with van der Waals surface area (Å²) in [5.41, 5.74) is 7.06. The van der Waals surface area contributed by atoms with Crippen LogP contribution in [0, 0.1) is 6.92 Å². The van der Waals surface area contributed by atoms with Gasteiger partial charge in [0.25, 0.3) is 0 Å². The van der Waals surface area contributed by atoms with E-state index in [0.717, 1.165) is 0 Å². The largest absolute Gasteiger partial charge is 0.0608 e. The third-order valence-electron chi connectivity index (χ3n) is 3.80. The normalized spacial score (nSPS) is 15.5. The van der Waals surface area contributed by atoms with Crippen molar-refractivity contribution in [2.75, 3.05) is 0 Å². The summed E-state index contributed by atoms with van der Waals surface area (Å²) in [4.78, 5) is 0. The summed E-state index contributed by atoms with van der Waals surface area (Å²) in [5, 5.41) is 0. The molecule has 0 aliphatic heterocycles. The lowest BCUT2D eigenvalue weighted by Gasteiger charge is -2.21. The van der Waals surface area contributed by atoms with Crippen LogP contribution in [0.4, 0.5) is 0 Å². The molecule has 1 heteroatoms. The highest BCUT2D eigenvalue weighted by Crippen LogP contribution is 2.51. The summed E-state index contributed by atoms with van der Waals surface area (Å²) in [6.45, 7) is 6.78. The molecule has 0 heterocycles. The predicted molar refractivity (Wildman–Crippen MR) is 76.4 cm³/mol. The van der Waals surface area contributed by atoms with Gasteiger partial charge in [-0.1, -0.05) is 65.7 Å². The molecule has 17 heavy (non-hydrogen) atoms. The Morgan fingerprint density at radius 1 is 1.00 bits per heavy atom. The van der Waals surface area contributed by atoms with Gasteiger partial charge in [-0.15, -0.1) is 0 Å². The quantitative estimate of drug-likeness (QED) is 0.635. The maximum atomic E-state index is 3.69. The maximum Gasteiger partial charge on any atom is 0.0256 e. The Balaban J connectivity index is 2.43. The van der Waals surface area contributed by atoms with Crippen LogP contribution in [0.15, 0.2) is 40.9 Å². The van der Waals surface area contributed by atoms with Crippen LogP contribution in [0.2, 0.25) is 0 Å². The lowest BCUT2D eigenvalue weighted by Crippen LogP contribution is -2.14. The number of rotatable bonds is 0. The Kier molecular flexibility index (Phi) is 2.24. The first-order chi connectivity index (χ1) is 8.01. The first-order valence-electron chi connectivity index (χ1n) is 5.92. The molecule has 2 aromatic carbocycles. The van der Waals surface area contributed by atoms with E-state index in [4.69, 9.17) is 0 Å². The summed E-state index contributed by atoms with van der Waals surface area (Å²) < 4.78 is 1.20. The van der Waals surface area contributed by atoms with Gasteiger partial charge < -0.3 is 0 Å². The molecule has 2 aromatic rings. The Bertz CT molecular complexity index is 609. The Morgan fingerprint density at radius 3 is 2.53 bits per heavy atom. The Morgan fingerprint density at radius 2 is 1.76 bits per heavy atom. The monoisotopic (exact) mass is 286 g/mol. The first kappa shape index (κ1) is 11.0. The summed E-state index contributed by atoms with van der Waals surface area (Å²) in [5.74, 6) is 0. The third kappa shape index (κ3) is 1.42. The molecule has 0 nitrogen and oxygen atoms in total. The van der Waals surface area contributed by atoms with Gasteiger partial charge in [0.2, 0.25) is 0 Å². The molecule has 0 aromatic heterocycles. The van der Waals surface area contributed by atoms with Gasteiger partial charge in [-0.25, -0.2) is 0 Å². The molecule has 86 valence electrons. The number of aryl methyl sites for hydroxylation is 1. The maximum absolute atomic E-state index is 3.69. The fourth-order valence-electron chi connectivity index (χ4n) is 2.86. The van der Waals surface area contributed by atoms with Gasteiger partial charge >= 0.3 is 0 Å². The highest BCUT2D eigenvalue weighted by molar-refractivity contribution is 9.10. The van der Waals surface area contributed by atoms with Crippen molar-refractivity contribution < 1.29 is 0 Å². The fraction of sp³-hybridized carbons (Fsp3) is 0.250. The molecule has 0 fully saturated rings.